The molecule has 16 heavy (non-hydrogen) atoms. The number of rotatable bonds is 5. The Bertz CT molecular complexity index is 302. The zero-order valence-electron chi connectivity index (χ0n) is 9.47. The van der Waals surface area contributed by atoms with Gasteiger partial charge in [-0.1, -0.05) is 49.1 Å². The molecule has 2 nitrogen and oxygen atoms in total. The van der Waals surface area contributed by atoms with Gasteiger partial charge in [0.2, 0.25) is 0 Å². The Kier molecular flexibility index (Phi) is 6.23. The quantitative estimate of drug-likeness (QED) is 0.430. The second kappa shape index (κ2) is 7.85. The van der Waals surface area contributed by atoms with E-state index in [-0.39, 0.29) is 0 Å². The van der Waals surface area contributed by atoms with E-state index >= 15 is 0 Å². The molecule has 1 fully saturated rings. The lowest BCUT2D eigenvalue weighted by Gasteiger charge is -1.92. The van der Waals surface area contributed by atoms with E-state index in [1.54, 1.807) is 6.08 Å². The minimum Gasteiger partial charge on any atom is -0.375 e. The molecule has 2 rings (SSSR count). The van der Waals surface area contributed by atoms with Crippen LogP contribution in [0, 0.1) is 0 Å². The van der Waals surface area contributed by atoms with Crippen LogP contribution in [0.4, 0.5) is 0 Å². The third-order valence-electron chi connectivity index (χ3n) is 1.98. The number of ether oxygens (including phenoxy) is 2. The van der Waals surface area contributed by atoms with Gasteiger partial charge in [-0.25, -0.2) is 0 Å². The highest BCUT2D eigenvalue weighted by molar-refractivity contribution is 5.45. The molecule has 0 saturated carbocycles. The van der Waals surface area contributed by atoms with E-state index in [1.165, 1.54) is 5.56 Å². The fourth-order valence-corrected chi connectivity index (χ4v) is 1.04. The topological polar surface area (TPSA) is 21.8 Å². The summed E-state index contributed by atoms with van der Waals surface area (Å²) in [7, 11) is 0. The van der Waals surface area contributed by atoms with Crippen LogP contribution in [0.15, 0.2) is 49.6 Å². The Morgan fingerprint density at radius 3 is 2.44 bits per heavy atom. The van der Waals surface area contributed by atoms with E-state index in [9.17, 15) is 0 Å². The van der Waals surface area contributed by atoms with Crippen LogP contribution in [0.1, 0.15) is 5.56 Å². The summed E-state index contributed by atoms with van der Waals surface area (Å²) in [5.74, 6) is 0. The Balaban J connectivity index is 0.000000160. The number of hydrogen-bond acceptors (Lipinski definition) is 2. The minimum absolute atomic E-state index is 0.384. The van der Waals surface area contributed by atoms with Gasteiger partial charge < -0.3 is 9.47 Å². The highest BCUT2D eigenvalue weighted by Gasteiger charge is 2.21. The fourth-order valence-electron chi connectivity index (χ4n) is 1.04. The molecule has 1 aliphatic heterocycles. The summed E-state index contributed by atoms with van der Waals surface area (Å²) >= 11 is 0. The van der Waals surface area contributed by atoms with Gasteiger partial charge in [0.1, 0.15) is 6.10 Å². The van der Waals surface area contributed by atoms with Gasteiger partial charge in [-0.3, -0.25) is 0 Å². The zero-order valence-corrected chi connectivity index (χ0v) is 9.47. The molecule has 0 amide bonds. The van der Waals surface area contributed by atoms with E-state index in [0.29, 0.717) is 12.7 Å². The van der Waals surface area contributed by atoms with Crippen LogP contribution in [0.5, 0.6) is 0 Å². The Labute approximate surface area is 97.2 Å². The van der Waals surface area contributed by atoms with E-state index in [2.05, 4.69) is 13.2 Å². The fraction of sp³-hybridized carbons (Fsp3) is 0.286. The maximum absolute atomic E-state index is 5.06. The first-order valence-corrected chi connectivity index (χ1v) is 5.34. The average Bonchev–Trinajstić information content (AvgIpc) is 3.15. The Morgan fingerprint density at radius 1 is 1.31 bits per heavy atom. The predicted octanol–water partition coefficient (Wildman–Crippen LogP) is 2.92. The van der Waals surface area contributed by atoms with Crippen molar-refractivity contribution in [1.29, 1.82) is 0 Å². The van der Waals surface area contributed by atoms with E-state index < -0.39 is 0 Å². The first kappa shape index (κ1) is 12.7. The highest BCUT2D eigenvalue weighted by Crippen LogP contribution is 2.07. The van der Waals surface area contributed by atoms with Gasteiger partial charge in [0.15, 0.2) is 0 Å². The van der Waals surface area contributed by atoms with Crippen LogP contribution >= 0.6 is 0 Å². The van der Waals surface area contributed by atoms with Crippen LogP contribution in [0.25, 0.3) is 6.08 Å². The summed E-state index contributed by atoms with van der Waals surface area (Å²) in [6.45, 7) is 9.38. The number of hydrogen-bond donors (Lipinski definition) is 0. The van der Waals surface area contributed by atoms with Crippen LogP contribution in [0.2, 0.25) is 0 Å². The lowest BCUT2D eigenvalue weighted by molar-refractivity contribution is 0.141. The molecule has 1 unspecified atom stereocenters. The van der Waals surface area contributed by atoms with Crippen molar-refractivity contribution in [1.82, 2.24) is 0 Å². The van der Waals surface area contributed by atoms with Crippen LogP contribution in [-0.2, 0) is 9.47 Å². The molecule has 0 aromatic heterocycles. The molecule has 0 radical (unpaired) electrons. The molecule has 1 aliphatic rings. The van der Waals surface area contributed by atoms with E-state index in [1.807, 2.05) is 36.4 Å². The molecular weight excluding hydrogens is 200 g/mol. The molecule has 1 atom stereocenters. The third-order valence-corrected chi connectivity index (χ3v) is 1.98. The first-order valence-electron chi connectivity index (χ1n) is 5.34. The van der Waals surface area contributed by atoms with Crippen molar-refractivity contribution in [3.63, 3.8) is 0 Å². The summed E-state index contributed by atoms with van der Waals surface area (Å²) in [6.07, 6.45) is 3.96. The van der Waals surface area contributed by atoms with Crippen molar-refractivity contribution >= 4 is 6.08 Å². The van der Waals surface area contributed by atoms with Gasteiger partial charge in [0, 0.05) is 0 Å². The van der Waals surface area contributed by atoms with Crippen molar-refractivity contribution in [3.8, 4) is 0 Å². The molecule has 0 N–H and O–H groups in total. The summed E-state index contributed by atoms with van der Waals surface area (Å²) in [4.78, 5) is 0. The third kappa shape index (κ3) is 6.17. The van der Waals surface area contributed by atoms with Crippen molar-refractivity contribution < 1.29 is 9.47 Å². The summed E-state index contributed by atoms with van der Waals surface area (Å²) in [5.41, 5.74) is 1.17. The van der Waals surface area contributed by atoms with Gasteiger partial charge >= 0.3 is 0 Å². The monoisotopic (exact) mass is 218 g/mol. The van der Waals surface area contributed by atoms with Crippen LogP contribution in [0.3, 0.4) is 0 Å². The maximum Gasteiger partial charge on any atom is 0.104 e. The molecule has 2 heteroatoms. The molecular formula is C14H18O2. The predicted molar refractivity (Wildman–Crippen MR) is 67.3 cm³/mol. The minimum atomic E-state index is 0.384. The first-order chi connectivity index (χ1) is 7.86. The highest BCUT2D eigenvalue weighted by atomic mass is 16.6. The average molecular weight is 218 g/mol. The van der Waals surface area contributed by atoms with Gasteiger partial charge in [-0.2, -0.15) is 0 Å². The van der Waals surface area contributed by atoms with Crippen molar-refractivity contribution in [3.05, 3.63) is 55.1 Å². The second-order valence-corrected chi connectivity index (χ2v) is 3.40. The second-order valence-electron chi connectivity index (χ2n) is 3.40. The zero-order chi connectivity index (χ0) is 11.6. The lowest BCUT2D eigenvalue weighted by atomic mass is 10.2. The largest absolute Gasteiger partial charge is 0.375 e. The Morgan fingerprint density at radius 2 is 2.00 bits per heavy atom. The van der Waals surface area contributed by atoms with Gasteiger partial charge in [-0.05, 0) is 5.56 Å². The maximum atomic E-state index is 5.06. The normalized spacial score (nSPS) is 16.9. The van der Waals surface area contributed by atoms with Crippen molar-refractivity contribution in [2.24, 2.45) is 0 Å². The molecule has 0 bridgehead atoms. The van der Waals surface area contributed by atoms with E-state index in [0.717, 1.165) is 13.2 Å². The smallest absolute Gasteiger partial charge is 0.104 e. The van der Waals surface area contributed by atoms with Gasteiger partial charge in [-0.15, -0.1) is 6.58 Å². The standard InChI is InChI=1S/C8H8.C6H10O2/c1-2-8-6-4-3-5-7-8;1-2-3-7-4-6-5-8-6/h2-7H,1H2;2,6H,1,3-5H2. The molecule has 0 spiro atoms. The SMILES string of the molecule is C=CCOCC1CO1.C=Cc1ccccc1. The molecule has 1 heterocycles. The summed E-state index contributed by atoms with van der Waals surface area (Å²) in [5, 5.41) is 0. The van der Waals surface area contributed by atoms with Gasteiger partial charge in [0.05, 0.1) is 19.8 Å². The van der Waals surface area contributed by atoms with Gasteiger partial charge in [0.25, 0.3) is 0 Å². The molecule has 0 aliphatic carbocycles. The van der Waals surface area contributed by atoms with Crippen LogP contribution in [-0.4, -0.2) is 25.9 Å². The number of epoxide rings is 1. The number of benzene rings is 1. The lowest BCUT2D eigenvalue weighted by Crippen LogP contribution is -2.00. The summed E-state index contributed by atoms with van der Waals surface area (Å²) < 4.78 is 9.96. The Hall–Kier alpha value is -1.38. The summed E-state index contributed by atoms with van der Waals surface area (Å²) in [6, 6.07) is 10.0. The van der Waals surface area contributed by atoms with Crippen LogP contribution < -0.4 is 0 Å². The molecule has 1 saturated heterocycles. The van der Waals surface area contributed by atoms with Crippen molar-refractivity contribution in [2.45, 2.75) is 6.10 Å². The molecule has 1 aromatic carbocycles. The van der Waals surface area contributed by atoms with Crippen molar-refractivity contribution in [2.75, 3.05) is 19.8 Å². The van der Waals surface area contributed by atoms with E-state index in [4.69, 9.17) is 9.47 Å². The molecule has 86 valence electrons. The molecule has 1 aromatic rings.